The maximum atomic E-state index is 12.5. The number of aryl methyl sites for hydroxylation is 1. The average molecular weight is 277 g/mol. The summed E-state index contributed by atoms with van der Waals surface area (Å²) in [5.74, 6) is 0.448. The van der Waals surface area contributed by atoms with Crippen LogP contribution in [0.15, 0.2) is 18.2 Å². The zero-order chi connectivity index (χ0) is 13.9. The fourth-order valence-corrected chi connectivity index (χ4v) is 2.89. The van der Waals surface area contributed by atoms with E-state index >= 15 is 0 Å². The number of carbonyl (C=O) groups excluding carboxylic acids is 1. The van der Waals surface area contributed by atoms with Crippen molar-refractivity contribution in [3.63, 3.8) is 0 Å². The summed E-state index contributed by atoms with van der Waals surface area (Å²) in [7, 11) is 0. The summed E-state index contributed by atoms with van der Waals surface area (Å²) in [6.45, 7) is 1.89. The molecule has 0 atom stereocenters. The number of pyridine rings is 1. The van der Waals surface area contributed by atoms with E-state index in [0.29, 0.717) is 10.8 Å². The van der Waals surface area contributed by atoms with E-state index in [9.17, 15) is 4.79 Å². The summed E-state index contributed by atoms with van der Waals surface area (Å²) in [6.07, 6.45) is 4.60. The number of nitrogens with two attached hydrogens (primary N) is 1. The van der Waals surface area contributed by atoms with Gasteiger partial charge in [0.05, 0.1) is 10.4 Å². The van der Waals surface area contributed by atoms with Crippen molar-refractivity contribution in [2.24, 2.45) is 11.1 Å². The van der Waals surface area contributed by atoms with Crippen LogP contribution < -0.4 is 11.1 Å². The van der Waals surface area contributed by atoms with Gasteiger partial charge in [0.1, 0.15) is 5.82 Å². The Hall–Kier alpha value is -1.49. The molecule has 0 saturated heterocycles. The van der Waals surface area contributed by atoms with Gasteiger partial charge in [0.25, 0.3) is 0 Å². The lowest BCUT2D eigenvalue weighted by Gasteiger charge is -2.34. The molecule has 1 aromatic heterocycles. The normalized spacial score (nSPS) is 17.7. The monoisotopic (exact) mass is 277 g/mol. The van der Waals surface area contributed by atoms with Crippen molar-refractivity contribution < 1.29 is 4.79 Å². The van der Waals surface area contributed by atoms with E-state index < -0.39 is 5.41 Å². The van der Waals surface area contributed by atoms with Crippen LogP contribution in [0.2, 0.25) is 0 Å². The molecule has 1 amide bonds. The molecule has 0 aromatic carbocycles. The number of amides is 1. The molecule has 2 rings (SSSR count). The Bertz CT molecular complexity index is 495. The smallest absolute Gasteiger partial charge is 0.238 e. The summed E-state index contributed by atoms with van der Waals surface area (Å²) < 4.78 is 0. The molecule has 1 heterocycles. The van der Waals surface area contributed by atoms with Gasteiger partial charge in [-0.15, -0.1) is 0 Å². The number of anilines is 1. The highest BCUT2D eigenvalue weighted by atomic mass is 32.1. The predicted molar refractivity (Wildman–Crippen MR) is 79.9 cm³/mol. The van der Waals surface area contributed by atoms with E-state index in [2.05, 4.69) is 10.3 Å². The first-order chi connectivity index (χ1) is 9.04. The highest BCUT2D eigenvalue weighted by molar-refractivity contribution is 7.80. The van der Waals surface area contributed by atoms with Crippen molar-refractivity contribution in [1.82, 2.24) is 4.98 Å². The molecule has 0 radical (unpaired) electrons. The third-order valence-electron chi connectivity index (χ3n) is 3.74. The van der Waals surface area contributed by atoms with Gasteiger partial charge in [-0.3, -0.25) is 4.79 Å². The van der Waals surface area contributed by atoms with E-state index in [0.717, 1.165) is 37.8 Å². The van der Waals surface area contributed by atoms with Crippen LogP contribution in [0.1, 0.15) is 37.8 Å². The van der Waals surface area contributed by atoms with Crippen molar-refractivity contribution in [3.05, 3.63) is 23.9 Å². The highest BCUT2D eigenvalue weighted by Gasteiger charge is 2.42. The van der Waals surface area contributed by atoms with Gasteiger partial charge in [-0.05, 0) is 31.9 Å². The van der Waals surface area contributed by atoms with Crippen LogP contribution in [-0.4, -0.2) is 15.9 Å². The molecule has 1 saturated carbocycles. The number of rotatable bonds is 3. The van der Waals surface area contributed by atoms with Gasteiger partial charge in [-0.2, -0.15) is 0 Å². The second kappa shape index (κ2) is 5.65. The van der Waals surface area contributed by atoms with Crippen molar-refractivity contribution in [3.8, 4) is 0 Å². The van der Waals surface area contributed by atoms with E-state index in [1.54, 1.807) is 6.07 Å². The first kappa shape index (κ1) is 13.9. The van der Waals surface area contributed by atoms with Crippen molar-refractivity contribution in [2.45, 2.75) is 39.0 Å². The first-order valence-electron chi connectivity index (χ1n) is 6.60. The predicted octanol–water partition coefficient (Wildman–Crippen LogP) is 2.57. The van der Waals surface area contributed by atoms with Gasteiger partial charge >= 0.3 is 0 Å². The lowest BCUT2D eigenvalue weighted by molar-refractivity contribution is -0.123. The molecule has 0 spiro atoms. The van der Waals surface area contributed by atoms with Crippen LogP contribution in [0.25, 0.3) is 0 Å². The van der Waals surface area contributed by atoms with Gasteiger partial charge in [-0.1, -0.05) is 37.5 Å². The third kappa shape index (κ3) is 2.92. The van der Waals surface area contributed by atoms with Crippen LogP contribution in [0, 0.1) is 12.3 Å². The molecule has 1 aromatic rings. The fourth-order valence-electron chi connectivity index (χ4n) is 2.59. The Balaban J connectivity index is 2.19. The zero-order valence-corrected chi connectivity index (χ0v) is 11.9. The lowest BCUT2D eigenvalue weighted by atomic mass is 9.73. The molecule has 0 unspecified atom stereocenters. The van der Waals surface area contributed by atoms with Gasteiger partial charge in [0.2, 0.25) is 5.91 Å². The average Bonchev–Trinajstić information content (AvgIpc) is 2.39. The Morgan fingerprint density at radius 3 is 2.63 bits per heavy atom. The Morgan fingerprint density at radius 2 is 2.05 bits per heavy atom. The van der Waals surface area contributed by atoms with Crippen LogP contribution >= 0.6 is 12.2 Å². The molecular weight excluding hydrogens is 258 g/mol. The van der Waals surface area contributed by atoms with Crippen molar-refractivity contribution >= 4 is 28.9 Å². The van der Waals surface area contributed by atoms with Crippen LogP contribution in [0.5, 0.6) is 0 Å². The SMILES string of the molecule is Cc1cccc(NC(=O)C2(C(N)=S)CCCCC2)n1. The van der Waals surface area contributed by atoms with Crippen LogP contribution in [0.3, 0.4) is 0 Å². The summed E-state index contributed by atoms with van der Waals surface area (Å²) in [5, 5.41) is 2.86. The van der Waals surface area contributed by atoms with Gasteiger partial charge in [-0.25, -0.2) is 4.98 Å². The van der Waals surface area contributed by atoms with E-state index in [4.69, 9.17) is 18.0 Å². The third-order valence-corrected chi connectivity index (χ3v) is 4.13. The van der Waals surface area contributed by atoms with Gasteiger partial charge in [0.15, 0.2) is 0 Å². The molecule has 3 N–H and O–H groups in total. The Labute approximate surface area is 118 Å². The number of aromatic nitrogens is 1. The number of thiocarbonyl (C=S) groups is 1. The summed E-state index contributed by atoms with van der Waals surface area (Å²) >= 11 is 5.14. The van der Waals surface area contributed by atoms with Crippen LogP contribution in [0.4, 0.5) is 5.82 Å². The van der Waals surface area contributed by atoms with Crippen LogP contribution in [-0.2, 0) is 4.79 Å². The minimum absolute atomic E-state index is 0.113. The molecule has 4 nitrogen and oxygen atoms in total. The molecule has 19 heavy (non-hydrogen) atoms. The van der Waals surface area contributed by atoms with Crippen molar-refractivity contribution in [2.75, 3.05) is 5.32 Å². The highest BCUT2D eigenvalue weighted by Crippen LogP contribution is 2.37. The van der Waals surface area contributed by atoms with E-state index in [-0.39, 0.29) is 5.91 Å². The van der Waals surface area contributed by atoms with E-state index in [1.165, 1.54) is 0 Å². The molecule has 102 valence electrons. The number of nitrogens with one attached hydrogen (secondary N) is 1. The number of hydrogen-bond acceptors (Lipinski definition) is 3. The van der Waals surface area contributed by atoms with Gasteiger partial charge < -0.3 is 11.1 Å². The largest absolute Gasteiger partial charge is 0.392 e. The standard InChI is InChI=1S/C14H19N3OS/c1-10-6-5-7-11(16-10)17-13(18)14(12(15)19)8-3-2-4-9-14/h5-7H,2-4,8-9H2,1H3,(H2,15,19)(H,16,17,18). The number of nitrogens with zero attached hydrogens (tertiary/aromatic N) is 1. The van der Waals surface area contributed by atoms with E-state index in [1.807, 2.05) is 19.1 Å². The molecular formula is C14H19N3OS. The summed E-state index contributed by atoms with van der Waals surface area (Å²) in [6, 6.07) is 5.53. The summed E-state index contributed by atoms with van der Waals surface area (Å²) in [5.41, 5.74) is 6.01. The first-order valence-corrected chi connectivity index (χ1v) is 7.00. The summed E-state index contributed by atoms with van der Waals surface area (Å²) in [4.78, 5) is 17.1. The minimum Gasteiger partial charge on any atom is -0.392 e. The lowest BCUT2D eigenvalue weighted by Crippen LogP contribution is -2.47. The Kier molecular flexibility index (Phi) is 4.14. The van der Waals surface area contributed by atoms with Crippen molar-refractivity contribution in [1.29, 1.82) is 0 Å². The quantitative estimate of drug-likeness (QED) is 0.833. The number of carbonyl (C=O) groups is 1. The fraction of sp³-hybridized carbons (Fsp3) is 0.500. The maximum absolute atomic E-state index is 12.5. The molecule has 5 heteroatoms. The topological polar surface area (TPSA) is 68.0 Å². The maximum Gasteiger partial charge on any atom is 0.238 e. The molecule has 1 aliphatic rings. The molecule has 0 aliphatic heterocycles. The zero-order valence-electron chi connectivity index (χ0n) is 11.1. The molecule has 0 bridgehead atoms. The second-order valence-corrected chi connectivity index (χ2v) is 5.57. The van der Waals surface area contributed by atoms with Gasteiger partial charge in [0, 0.05) is 5.69 Å². The second-order valence-electron chi connectivity index (χ2n) is 5.13. The Morgan fingerprint density at radius 1 is 1.37 bits per heavy atom. The minimum atomic E-state index is -0.695. The number of hydrogen-bond donors (Lipinski definition) is 2. The molecule has 1 fully saturated rings. The molecule has 1 aliphatic carbocycles.